The van der Waals surface area contributed by atoms with Gasteiger partial charge >= 0.3 is 0 Å². The van der Waals surface area contributed by atoms with Gasteiger partial charge in [-0.3, -0.25) is 4.79 Å². The standard InChI is InChI=1S/C7H13BN2O2/c1-5(9)7(11)10-4-2-3-6(10)8-12/h6,8,12H,1-4,9H2/t6-/m0/s1. The lowest BCUT2D eigenvalue weighted by atomic mass is 9.86. The fourth-order valence-electron chi connectivity index (χ4n) is 1.48. The van der Waals surface area contributed by atoms with Gasteiger partial charge in [0.15, 0.2) is 0 Å². The molecule has 0 aromatic heterocycles. The summed E-state index contributed by atoms with van der Waals surface area (Å²) in [4.78, 5) is 12.9. The van der Waals surface area contributed by atoms with Crippen molar-refractivity contribution < 1.29 is 9.82 Å². The summed E-state index contributed by atoms with van der Waals surface area (Å²) in [6.07, 6.45) is 1.79. The fourth-order valence-corrected chi connectivity index (χ4v) is 1.48. The highest BCUT2D eigenvalue weighted by molar-refractivity contribution is 6.28. The van der Waals surface area contributed by atoms with Crippen LogP contribution in [0.1, 0.15) is 12.8 Å². The van der Waals surface area contributed by atoms with E-state index in [0.29, 0.717) is 6.54 Å². The molecule has 0 aromatic rings. The number of nitrogens with two attached hydrogens (primary N) is 1. The first-order chi connectivity index (χ1) is 5.66. The van der Waals surface area contributed by atoms with Gasteiger partial charge in [-0.25, -0.2) is 0 Å². The molecule has 3 N–H and O–H groups in total. The quantitative estimate of drug-likeness (QED) is 0.400. The number of amides is 1. The van der Waals surface area contributed by atoms with Gasteiger partial charge in [-0.15, -0.1) is 0 Å². The Kier molecular flexibility index (Phi) is 2.76. The molecular weight excluding hydrogens is 155 g/mol. The molecule has 1 saturated heterocycles. The van der Waals surface area contributed by atoms with Crippen LogP contribution < -0.4 is 5.73 Å². The van der Waals surface area contributed by atoms with Gasteiger partial charge in [0, 0.05) is 12.5 Å². The summed E-state index contributed by atoms with van der Waals surface area (Å²) in [5, 5.41) is 8.90. The number of carbonyl (C=O) groups is 1. The van der Waals surface area contributed by atoms with E-state index in [4.69, 9.17) is 10.8 Å². The highest BCUT2D eigenvalue weighted by atomic mass is 16.2. The van der Waals surface area contributed by atoms with Gasteiger partial charge in [0.05, 0.1) is 5.70 Å². The highest BCUT2D eigenvalue weighted by Crippen LogP contribution is 2.16. The Morgan fingerprint density at radius 3 is 2.92 bits per heavy atom. The third-order valence-corrected chi connectivity index (χ3v) is 2.12. The van der Waals surface area contributed by atoms with Crippen molar-refractivity contribution in [2.24, 2.45) is 5.73 Å². The summed E-state index contributed by atoms with van der Waals surface area (Å²) in [6.45, 7) is 4.05. The molecule has 1 amide bonds. The van der Waals surface area contributed by atoms with Crippen LogP contribution in [-0.4, -0.2) is 35.8 Å². The van der Waals surface area contributed by atoms with Crippen LogP contribution in [0.5, 0.6) is 0 Å². The molecule has 1 rings (SSSR count). The van der Waals surface area contributed by atoms with Crippen LogP contribution in [0.25, 0.3) is 0 Å². The molecule has 4 nitrogen and oxygen atoms in total. The van der Waals surface area contributed by atoms with E-state index in [0.717, 1.165) is 12.8 Å². The lowest BCUT2D eigenvalue weighted by Gasteiger charge is -2.21. The normalized spacial score (nSPS) is 22.4. The van der Waals surface area contributed by atoms with Crippen LogP contribution >= 0.6 is 0 Å². The van der Waals surface area contributed by atoms with Crippen molar-refractivity contribution in [3.63, 3.8) is 0 Å². The van der Waals surface area contributed by atoms with Crippen molar-refractivity contribution >= 4 is 13.4 Å². The molecule has 0 spiro atoms. The fraction of sp³-hybridized carbons (Fsp3) is 0.571. The Bertz CT molecular complexity index is 208. The van der Waals surface area contributed by atoms with Gasteiger partial charge in [-0.05, 0) is 12.8 Å². The zero-order valence-electron chi connectivity index (χ0n) is 6.99. The summed E-state index contributed by atoms with van der Waals surface area (Å²) in [7, 11) is 0.0129. The molecule has 66 valence electrons. The third kappa shape index (κ3) is 1.61. The van der Waals surface area contributed by atoms with Crippen molar-refractivity contribution in [2.45, 2.75) is 18.8 Å². The summed E-state index contributed by atoms with van der Waals surface area (Å²) in [6, 6.07) is 0. The second-order valence-corrected chi connectivity index (χ2v) is 3.00. The third-order valence-electron chi connectivity index (χ3n) is 2.12. The molecule has 0 saturated carbocycles. The van der Waals surface area contributed by atoms with Crippen molar-refractivity contribution in [3.05, 3.63) is 12.3 Å². The molecule has 1 heterocycles. The molecule has 5 heteroatoms. The largest absolute Gasteiger partial charge is 0.452 e. The maximum Gasteiger partial charge on any atom is 0.293 e. The van der Waals surface area contributed by atoms with Gasteiger partial charge in [-0.2, -0.15) is 0 Å². The summed E-state index contributed by atoms with van der Waals surface area (Å²) >= 11 is 0. The highest BCUT2D eigenvalue weighted by Gasteiger charge is 2.29. The summed E-state index contributed by atoms with van der Waals surface area (Å²) in [5.74, 6) is -0.302. The van der Waals surface area contributed by atoms with E-state index < -0.39 is 0 Å². The zero-order chi connectivity index (χ0) is 9.14. The molecule has 1 aliphatic rings. The first-order valence-corrected chi connectivity index (χ1v) is 4.03. The van der Waals surface area contributed by atoms with E-state index in [1.165, 1.54) is 0 Å². The van der Waals surface area contributed by atoms with E-state index in [-0.39, 0.29) is 25.0 Å². The topological polar surface area (TPSA) is 66.6 Å². The van der Waals surface area contributed by atoms with Crippen molar-refractivity contribution in [1.82, 2.24) is 4.90 Å². The Balaban J connectivity index is 2.61. The van der Waals surface area contributed by atoms with Crippen LogP contribution in [0.3, 0.4) is 0 Å². The van der Waals surface area contributed by atoms with E-state index in [1.54, 1.807) is 4.90 Å². The van der Waals surface area contributed by atoms with E-state index in [1.807, 2.05) is 0 Å². The lowest BCUT2D eigenvalue weighted by molar-refractivity contribution is -0.126. The number of hydrogen-bond donors (Lipinski definition) is 2. The molecular formula is C7H13BN2O2. The predicted octanol–water partition coefficient (Wildman–Crippen LogP) is -1.25. The van der Waals surface area contributed by atoms with Crippen LogP contribution in [0, 0.1) is 0 Å². The van der Waals surface area contributed by atoms with Crippen molar-refractivity contribution in [2.75, 3.05) is 6.54 Å². The molecule has 0 radical (unpaired) electrons. The van der Waals surface area contributed by atoms with Gasteiger partial charge < -0.3 is 15.7 Å². The van der Waals surface area contributed by atoms with Crippen LogP contribution in [-0.2, 0) is 4.79 Å². The maximum atomic E-state index is 11.3. The van der Waals surface area contributed by atoms with Gasteiger partial charge in [0.2, 0.25) is 0 Å². The molecule has 0 aromatic carbocycles. The smallest absolute Gasteiger partial charge is 0.293 e. The predicted molar refractivity (Wildman–Crippen MR) is 47.4 cm³/mol. The molecule has 0 bridgehead atoms. The molecule has 1 fully saturated rings. The summed E-state index contributed by atoms with van der Waals surface area (Å²) < 4.78 is 0. The molecule has 12 heavy (non-hydrogen) atoms. The van der Waals surface area contributed by atoms with Gasteiger partial charge in [0.25, 0.3) is 13.4 Å². The monoisotopic (exact) mass is 168 g/mol. The number of hydrogen-bond acceptors (Lipinski definition) is 3. The maximum absolute atomic E-state index is 11.3. The zero-order valence-corrected chi connectivity index (χ0v) is 6.99. The summed E-state index contributed by atoms with van der Waals surface area (Å²) in [5.41, 5.74) is 5.32. The molecule has 0 unspecified atom stereocenters. The average Bonchev–Trinajstić information content (AvgIpc) is 2.49. The first-order valence-electron chi connectivity index (χ1n) is 4.03. The minimum atomic E-state index is -0.244. The first kappa shape index (κ1) is 9.13. The average molecular weight is 168 g/mol. The Hall–Kier alpha value is -0.965. The number of carbonyl (C=O) groups excluding carboxylic acids is 1. The van der Waals surface area contributed by atoms with Gasteiger partial charge in [0.1, 0.15) is 0 Å². The van der Waals surface area contributed by atoms with E-state index >= 15 is 0 Å². The number of rotatable bonds is 2. The second kappa shape index (κ2) is 3.62. The second-order valence-electron chi connectivity index (χ2n) is 3.00. The number of likely N-dealkylation sites (tertiary alicyclic amines) is 1. The van der Waals surface area contributed by atoms with E-state index in [2.05, 4.69) is 6.58 Å². The Morgan fingerprint density at radius 2 is 2.42 bits per heavy atom. The SMILES string of the molecule is C=C(N)C(=O)N1CCC[C@H]1BO. The number of nitrogens with zero attached hydrogens (tertiary/aromatic N) is 1. The van der Waals surface area contributed by atoms with Crippen LogP contribution in [0.15, 0.2) is 12.3 Å². The van der Waals surface area contributed by atoms with E-state index in [9.17, 15) is 4.79 Å². The van der Waals surface area contributed by atoms with Crippen LogP contribution in [0.2, 0.25) is 0 Å². The molecule has 1 aliphatic heterocycles. The van der Waals surface area contributed by atoms with Gasteiger partial charge in [-0.1, -0.05) is 6.58 Å². The Morgan fingerprint density at radius 1 is 1.75 bits per heavy atom. The minimum Gasteiger partial charge on any atom is -0.452 e. The van der Waals surface area contributed by atoms with Crippen molar-refractivity contribution in [1.29, 1.82) is 0 Å². The molecule has 0 aliphatic carbocycles. The lowest BCUT2D eigenvalue weighted by Crippen LogP contribution is -2.41. The minimum absolute atomic E-state index is 0.0129. The van der Waals surface area contributed by atoms with Crippen molar-refractivity contribution in [3.8, 4) is 0 Å². The molecule has 1 atom stereocenters. The van der Waals surface area contributed by atoms with Crippen LogP contribution in [0.4, 0.5) is 0 Å². The Labute approximate surface area is 72.3 Å².